The van der Waals surface area contributed by atoms with E-state index in [0.717, 1.165) is 19.4 Å². The maximum absolute atomic E-state index is 12.8. The van der Waals surface area contributed by atoms with Crippen LogP contribution in [0, 0.1) is 0 Å². The summed E-state index contributed by atoms with van der Waals surface area (Å²) in [7, 11) is 0. The van der Waals surface area contributed by atoms with Crippen LogP contribution in [0.5, 0.6) is 0 Å². The summed E-state index contributed by atoms with van der Waals surface area (Å²) >= 11 is 12.5. The lowest BCUT2D eigenvalue weighted by Gasteiger charge is -2.21. The second kappa shape index (κ2) is 9.35. The van der Waals surface area contributed by atoms with Gasteiger partial charge in [-0.2, -0.15) is 5.10 Å². The highest BCUT2D eigenvalue weighted by molar-refractivity contribution is 6.36. The van der Waals surface area contributed by atoms with E-state index in [-0.39, 0.29) is 24.2 Å². The molecule has 8 heteroatoms. The smallest absolute Gasteiger partial charge is 0.358 e. The Labute approximate surface area is 196 Å². The Kier molecular flexibility index (Phi) is 6.53. The zero-order valence-electron chi connectivity index (χ0n) is 17.8. The molecule has 1 aliphatic rings. The number of aromatic nitrogens is 2. The maximum atomic E-state index is 12.8. The van der Waals surface area contributed by atoms with Crippen LogP contribution in [0.3, 0.4) is 0 Å². The Hall–Kier alpha value is -2.83. The van der Waals surface area contributed by atoms with Gasteiger partial charge in [0.05, 0.1) is 23.0 Å². The summed E-state index contributed by atoms with van der Waals surface area (Å²) in [5.74, 6) is -0.498. The number of carbonyl (C=O) groups is 2. The van der Waals surface area contributed by atoms with Crippen molar-refractivity contribution < 1.29 is 14.3 Å². The van der Waals surface area contributed by atoms with Gasteiger partial charge in [-0.25, -0.2) is 9.48 Å². The molecule has 1 fully saturated rings. The number of hydrogen-bond donors (Lipinski definition) is 0. The van der Waals surface area contributed by atoms with Crippen molar-refractivity contribution in [3.63, 3.8) is 0 Å². The number of rotatable bonds is 5. The van der Waals surface area contributed by atoms with Gasteiger partial charge in [0.25, 0.3) is 5.91 Å². The third-order valence-corrected chi connectivity index (χ3v) is 6.12. The number of ether oxygens (including phenoxy) is 1. The fraction of sp³-hybridized carbons (Fsp3) is 0.292. The van der Waals surface area contributed by atoms with Crippen LogP contribution >= 0.6 is 23.2 Å². The molecule has 1 atom stereocenters. The number of carbonyl (C=O) groups excluding carboxylic acids is 2. The number of nitrogens with zero attached hydrogens (tertiary/aromatic N) is 3. The average Bonchev–Trinajstić information content (AvgIpc) is 3.40. The van der Waals surface area contributed by atoms with Crippen LogP contribution in [-0.2, 0) is 4.74 Å². The Bertz CT molecular complexity index is 1160. The van der Waals surface area contributed by atoms with Crippen LogP contribution in [0.15, 0.2) is 48.5 Å². The van der Waals surface area contributed by atoms with Crippen LogP contribution < -0.4 is 0 Å². The lowest BCUT2D eigenvalue weighted by Crippen LogP contribution is -2.33. The zero-order chi connectivity index (χ0) is 22.8. The van der Waals surface area contributed by atoms with Crippen LogP contribution in [0.4, 0.5) is 0 Å². The second-order valence-corrected chi connectivity index (χ2v) is 8.55. The van der Waals surface area contributed by atoms with Crippen molar-refractivity contribution in [2.24, 2.45) is 0 Å². The normalized spacial score (nSPS) is 15.8. The summed E-state index contributed by atoms with van der Waals surface area (Å²) in [6, 6.07) is 14.2. The lowest BCUT2D eigenvalue weighted by atomic mass is 10.1. The van der Waals surface area contributed by atoms with Gasteiger partial charge in [0.15, 0.2) is 5.69 Å². The fourth-order valence-corrected chi connectivity index (χ4v) is 4.42. The van der Waals surface area contributed by atoms with Gasteiger partial charge in [-0.3, -0.25) is 4.79 Å². The van der Waals surface area contributed by atoms with E-state index in [1.54, 1.807) is 48.0 Å². The molecule has 1 saturated heterocycles. The fourth-order valence-electron chi connectivity index (χ4n) is 3.92. The van der Waals surface area contributed by atoms with Gasteiger partial charge in [-0.05, 0) is 75.2 Å². The summed E-state index contributed by atoms with van der Waals surface area (Å²) < 4.78 is 6.74. The predicted molar refractivity (Wildman–Crippen MR) is 125 cm³/mol. The Morgan fingerprint density at radius 2 is 1.88 bits per heavy atom. The van der Waals surface area contributed by atoms with Crippen LogP contribution in [0.1, 0.15) is 47.5 Å². The quantitative estimate of drug-likeness (QED) is 0.451. The highest BCUT2D eigenvalue weighted by atomic mass is 35.5. The first-order valence-electron chi connectivity index (χ1n) is 10.5. The molecule has 6 nitrogen and oxygen atoms in total. The van der Waals surface area contributed by atoms with E-state index in [2.05, 4.69) is 12.0 Å². The van der Waals surface area contributed by atoms with Crippen molar-refractivity contribution in [1.82, 2.24) is 14.7 Å². The zero-order valence-corrected chi connectivity index (χ0v) is 19.4. The lowest BCUT2D eigenvalue weighted by molar-refractivity contribution is 0.0518. The van der Waals surface area contributed by atoms with Crippen LogP contribution in [-0.4, -0.2) is 45.8 Å². The summed E-state index contributed by atoms with van der Waals surface area (Å²) in [4.78, 5) is 27.1. The number of halogens is 2. The van der Waals surface area contributed by atoms with E-state index in [1.165, 1.54) is 0 Å². The number of esters is 1. The van der Waals surface area contributed by atoms with Gasteiger partial charge >= 0.3 is 5.97 Å². The van der Waals surface area contributed by atoms with Crippen molar-refractivity contribution >= 4 is 35.1 Å². The minimum Gasteiger partial charge on any atom is -0.461 e. The molecule has 1 aliphatic heterocycles. The minimum absolute atomic E-state index is 0.0233. The first-order valence-corrected chi connectivity index (χ1v) is 11.3. The van der Waals surface area contributed by atoms with Gasteiger partial charge in [-0.15, -0.1) is 0 Å². The standard InChI is InChI=1S/C24H23Cl2N3O3/c1-3-32-24(31)21-14-22(19-11-8-17(25)13-20(19)26)29(27-21)18-9-6-16(7-10-18)23(30)28-12-4-5-15(28)2/h6-11,13-15H,3-5,12H2,1-2H3/t15-/m1/s1. The third kappa shape index (κ3) is 4.38. The summed E-state index contributed by atoms with van der Waals surface area (Å²) in [6.07, 6.45) is 2.05. The SMILES string of the molecule is CCOC(=O)c1cc(-c2ccc(Cl)cc2Cl)n(-c2ccc(C(=O)N3CCC[C@H]3C)cc2)n1. The predicted octanol–water partition coefficient (Wildman–Crippen LogP) is 5.65. The van der Waals surface area contributed by atoms with Gasteiger partial charge in [0, 0.05) is 28.7 Å². The van der Waals surface area contributed by atoms with Crippen molar-refractivity contribution in [2.45, 2.75) is 32.7 Å². The second-order valence-electron chi connectivity index (χ2n) is 7.71. The molecule has 4 rings (SSSR count). The molecule has 2 heterocycles. The molecule has 0 bridgehead atoms. The van der Waals surface area contributed by atoms with Gasteiger partial charge < -0.3 is 9.64 Å². The van der Waals surface area contributed by atoms with E-state index in [9.17, 15) is 9.59 Å². The van der Waals surface area contributed by atoms with Crippen molar-refractivity contribution in [1.29, 1.82) is 0 Å². The summed E-state index contributed by atoms with van der Waals surface area (Å²) in [5, 5.41) is 5.40. The topological polar surface area (TPSA) is 64.4 Å². The Morgan fingerprint density at radius 1 is 1.12 bits per heavy atom. The summed E-state index contributed by atoms with van der Waals surface area (Å²) in [6.45, 7) is 4.84. The average molecular weight is 472 g/mol. The molecule has 166 valence electrons. The van der Waals surface area contributed by atoms with E-state index < -0.39 is 5.97 Å². The molecule has 0 aliphatic carbocycles. The molecule has 1 amide bonds. The molecule has 0 radical (unpaired) electrons. The number of amides is 1. The first kappa shape index (κ1) is 22.4. The molecule has 3 aromatic rings. The number of hydrogen-bond acceptors (Lipinski definition) is 4. The molecular weight excluding hydrogens is 449 g/mol. The molecular formula is C24H23Cl2N3O3. The maximum Gasteiger partial charge on any atom is 0.358 e. The van der Waals surface area contributed by atoms with Crippen molar-refractivity contribution in [2.75, 3.05) is 13.2 Å². The summed E-state index contributed by atoms with van der Waals surface area (Å²) in [5.41, 5.74) is 2.75. The molecule has 0 saturated carbocycles. The molecule has 0 N–H and O–H groups in total. The Morgan fingerprint density at radius 3 is 2.50 bits per heavy atom. The van der Waals surface area contributed by atoms with E-state index in [1.807, 2.05) is 17.0 Å². The molecule has 2 aromatic carbocycles. The Balaban J connectivity index is 1.73. The van der Waals surface area contributed by atoms with Crippen LogP contribution in [0.25, 0.3) is 16.9 Å². The molecule has 0 unspecified atom stereocenters. The molecule has 1 aromatic heterocycles. The van der Waals surface area contributed by atoms with E-state index >= 15 is 0 Å². The van der Waals surface area contributed by atoms with Crippen molar-refractivity contribution in [3.05, 3.63) is 69.8 Å². The third-order valence-electron chi connectivity index (χ3n) is 5.57. The highest BCUT2D eigenvalue weighted by Crippen LogP contribution is 2.32. The first-order chi connectivity index (χ1) is 15.4. The van der Waals surface area contributed by atoms with Gasteiger partial charge in [0.2, 0.25) is 0 Å². The van der Waals surface area contributed by atoms with Gasteiger partial charge in [0.1, 0.15) is 0 Å². The van der Waals surface area contributed by atoms with E-state index in [4.69, 9.17) is 27.9 Å². The van der Waals surface area contributed by atoms with E-state index in [0.29, 0.717) is 32.6 Å². The minimum atomic E-state index is -0.521. The largest absolute Gasteiger partial charge is 0.461 e. The van der Waals surface area contributed by atoms with Crippen LogP contribution in [0.2, 0.25) is 10.0 Å². The molecule has 0 spiro atoms. The molecule has 32 heavy (non-hydrogen) atoms. The highest BCUT2D eigenvalue weighted by Gasteiger charge is 2.26. The number of benzene rings is 2. The monoisotopic (exact) mass is 471 g/mol. The number of likely N-dealkylation sites (tertiary alicyclic amines) is 1. The van der Waals surface area contributed by atoms with Crippen molar-refractivity contribution in [3.8, 4) is 16.9 Å². The van der Waals surface area contributed by atoms with Gasteiger partial charge in [-0.1, -0.05) is 23.2 Å².